The Kier molecular flexibility index (Phi) is 3.07. The third kappa shape index (κ3) is 2.32. The lowest BCUT2D eigenvalue weighted by Crippen LogP contribution is -2.31. The number of carbonyl (C=O) groups excluding carboxylic acids is 1. The highest BCUT2D eigenvalue weighted by molar-refractivity contribution is 5.97. The van der Waals surface area contributed by atoms with Crippen molar-refractivity contribution in [2.45, 2.75) is 13.1 Å². The second-order valence-corrected chi connectivity index (χ2v) is 4.52. The Balaban J connectivity index is 2.60. The molecule has 0 saturated heterocycles. The van der Waals surface area contributed by atoms with Crippen LogP contribution in [0, 0.1) is 5.92 Å². The highest BCUT2D eigenvalue weighted by Gasteiger charge is 2.35. The lowest BCUT2D eigenvalue weighted by atomic mass is 10.1. The SMILES string of the molecule is CC1COc2c(N)cc(C(F)(F)F)cc2N(C)C1=O. The number of hydrogen-bond donors (Lipinski definition) is 1. The van der Waals surface area contributed by atoms with Crippen molar-refractivity contribution in [1.29, 1.82) is 0 Å². The molecule has 104 valence electrons. The summed E-state index contributed by atoms with van der Waals surface area (Å²) in [6, 6.07) is 1.69. The van der Waals surface area contributed by atoms with Gasteiger partial charge in [0, 0.05) is 7.05 Å². The lowest BCUT2D eigenvalue weighted by Gasteiger charge is -2.20. The first-order valence-electron chi connectivity index (χ1n) is 5.63. The zero-order valence-electron chi connectivity index (χ0n) is 10.4. The molecule has 4 nitrogen and oxygen atoms in total. The second-order valence-electron chi connectivity index (χ2n) is 4.52. The number of amides is 1. The average molecular weight is 274 g/mol. The van der Waals surface area contributed by atoms with Crippen molar-refractivity contribution in [1.82, 2.24) is 0 Å². The van der Waals surface area contributed by atoms with E-state index in [9.17, 15) is 18.0 Å². The second kappa shape index (κ2) is 4.32. The van der Waals surface area contributed by atoms with Crippen LogP contribution in [0.1, 0.15) is 12.5 Å². The number of ether oxygens (including phenoxy) is 1. The first-order chi connectivity index (χ1) is 8.71. The quantitative estimate of drug-likeness (QED) is 0.738. The van der Waals surface area contributed by atoms with Gasteiger partial charge in [-0.3, -0.25) is 4.79 Å². The standard InChI is InChI=1S/C12H13F3N2O2/c1-6-5-19-10-8(16)3-7(12(13,14)15)4-9(10)17(2)11(6)18/h3-4,6H,5,16H2,1-2H3. The fraction of sp³-hybridized carbons (Fsp3) is 0.417. The Morgan fingerprint density at radius 2 is 2.05 bits per heavy atom. The first-order valence-corrected chi connectivity index (χ1v) is 5.63. The third-order valence-corrected chi connectivity index (χ3v) is 3.02. The van der Waals surface area contributed by atoms with E-state index in [2.05, 4.69) is 0 Å². The summed E-state index contributed by atoms with van der Waals surface area (Å²) in [5.74, 6) is -0.628. The maximum absolute atomic E-state index is 12.7. The maximum atomic E-state index is 12.7. The molecule has 2 N–H and O–H groups in total. The van der Waals surface area contributed by atoms with Crippen LogP contribution in [-0.2, 0) is 11.0 Å². The van der Waals surface area contributed by atoms with Crippen LogP contribution in [0.5, 0.6) is 5.75 Å². The lowest BCUT2D eigenvalue weighted by molar-refractivity contribution is -0.137. The smallest absolute Gasteiger partial charge is 0.416 e. The van der Waals surface area contributed by atoms with Crippen LogP contribution in [0.4, 0.5) is 24.5 Å². The number of nitrogens with two attached hydrogens (primary N) is 1. The largest absolute Gasteiger partial charge is 0.488 e. The van der Waals surface area contributed by atoms with Crippen molar-refractivity contribution in [2.24, 2.45) is 5.92 Å². The van der Waals surface area contributed by atoms with Crippen molar-refractivity contribution < 1.29 is 22.7 Å². The van der Waals surface area contributed by atoms with E-state index in [0.29, 0.717) is 0 Å². The van der Waals surface area contributed by atoms with E-state index in [-0.39, 0.29) is 29.6 Å². The Hall–Kier alpha value is -1.92. The number of nitrogens with zero attached hydrogens (tertiary/aromatic N) is 1. The van der Waals surface area contributed by atoms with Crippen LogP contribution in [0.2, 0.25) is 0 Å². The van der Waals surface area contributed by atoms with Gasteiger partial charge in [0.1, 0.15) is 0 Å². The molecule has 7 heteroatoms. The van der Waals surface area contributed by atoms with E-state index >= 15 is 0 Å². The van der Waals surface area contributed by atoms with Crippen LogP contribution in [0.15, 0.2) is 12.1 Å². The van der Waals surface area contributed by atoms with E-state index in [1.807, 2.05) is 0 Å². The van der Waals surface area contributed by atoms with Crippen molar-refractivity contribution >= 4 is 17.3 Å². The summed E-state index contributed by atoms with van der Waals surface area (Å²) in [7, 11) is 1.41. The maximum Gasteiger partial charge on any atom is 0.416 e. The molecule has 1 aliphatic rings. The van der Waals surface area contributed by atoms with Crippen LogP contribution in [0.25, 0.3) is 0 Å². The Morgan fingerprint density at radius 3 is 2.63 bits per heavy atom. The van der Waals surface area contributed by atoms with Crippen molar-refractivity contribution in [3.05, 3.63) is 17.7 Å². The van der Waals surface area contributed by atoms with Gasteiger partial charge in [-0.15, -0.1) is 0 Å². The van der Waals surface area contributed by atoms with Gasteiger partial charge in [0.25, 0.3) is 0 Å². The molecule has 19 heavy (non-hydrogen) atoms. The summed E-state index contributed by atoms with van der Waals surface area (Å²) in [5, 5.41) is 0. The number of alkyl halides is 3. The fourth-order valence-corrected chi connectivity index (χ4v) is 1.93. The monoisotopic (exact) mass is 274 g/mol. The van der Waals surface area contributed by atoms with E-state index < -0.39 is 17.7 Å². The number of fused-ring (bicyclic) bond motifs is 1. The zero-order chi connectivity index (χ0) is 14.4. The van der Waals surface area contributed by atoms with Crippen molar-refractivity contribution in [3.8, 4) is 5.75 Å². The van der Waals surface area contributed by atoms with Crippen LogP contribution < -0.4 is 15.4 Å². The number of anilines is 2. The normalized spacial score (nSPS) is 19.7. The van der Waals surface area contributed by atoms with Gasteiger partial charge in [-0.05, 0) is 12.1 Å². The molecule has 1 aliphatic heterocycles. The van der Waals surface area contributed by atoms with Gasteiger partial charge in [-0.2, -0.15) is 13.2 Å². The van der Waals surface area contributed by atoms with E-state index in [0.717, 1.165) is 17.0 Å². The average Bonchev–Trinajstić information content (AvgIpc) is 2.42. The first kappa shape index (κ1) is 13.5. The molecular formula is C12H13F3N2O2. The number of rotatable bonds is 0. The van der Waals surface area contributed by atoms with Crippen molar-refractivity contribution in [3.63, 3.8) is 0 Å². The van der Waals surface area contributed by atoms with Gasteiger partial charge in [0.15, 0.2) is 5.75 Å². The molecule has 0 fully saturated rings. The van der Waals surface area contributed by atoms with Gasteiger partial charge in [-0.25, -0.2) is 0 Å². The number of benzene rings is 1. The highest BCUT2D eigenvalue weighted by atomic mass is 19.4. The summed E-state index contributed by atoms with van der Waals surface area (Å²) >= 11 is 0. The van der Waals surface area contributed by atoms with Gasteiger partial charge >= 0.3 is 6.18 Å². The van der Waals surface area contributed by atoms with Crippen molar-refractivity contribution in [2.75, 3.05) is 24.3 Å². The molecule has 0 aliphatic carbocycles. The molecule has 1 aromatic carbocycles. The Morgan fingerprint density at radius 1 is 1.42 bits per heavy atom. The molecule has 1 amide bonds. The molecule has 1 unspecified atom stereocenters. The van der Waals surface area contributed by atoms with E-state index in [1.54, 1.807) is 6.92 Å². The molecule has 1 heterocycles. The summed E-state index contributed by atoms with van der Waals surface area (Å²) in [6.07, 6.45) is -4.52. The Bertz CT molecular complexity index is 528. The minimum absolute atomic E-state index is 0.0432. The van der Waals surface area contributed by atoms with Crippen LogP contribution >= 0.6 is 0 Å². The van der Waals surface area contributed by atoms with E-state index in [4.69, 9.17) is 10.5 Å². The number of carbonyl (C=O) groups is 1. The molecule has 0 bridgehead atoms. The third-order valence-electron chi connectivity index (χ3n) is 3.02. The molecular weight excluding hydrogens is 261 g/mol. The summed E-state index contributed by atoms with van der Waals surface area (Å²) in [5.41, 5.74) is 4.61. The minimum atomic E-state index is -4.52. The van der Waals surface area contributed by atoms with Crippen LogP contribution in [0.3, 0.4) is 0 Å². The number of nitrogen functional groups attached to an aromatic ring is 1. The van der Waals surface area contributed by atoms with Crippen LogP contribution in [-0.4, -0.2) is 19.6 Å². The number of halogens is 3. The Labute approximate surface area is 107 Å². The molecule has 0 radical (unpaired) electrons. The highest BCUT2D eigenvalue weighted by Crippen LogP contribution is 2.42. The molecule has 0 saturated carbocycles. The zero-order valence-corrected chi connectivity index (χ0v) is 10.4. The van der Waals surface area contributed by atoms with Gasteiger partial charge < -0.3 is 15.4 Å². The van der Waals surface area contributed by atoms with Gasteiger partial charge in [0.2, 0.25) is 5.91 Å². The summed E-state index contributed by atoms with van der Waals surface area (Å²) < 4.78 is 43.6. The number of hydrogen-bond acceptors (Lipinski definition) is 3. The summed E-state index contributed by atoms with van der Waals surface area (Å²) in [6.45, 7) is 1.73. The minimum Gasteiger partial charge on any atom is -0.488 e. The molecule has 2 rings (SSSR count). The molecule has 1 aromatic rings. The molecule has 1 atom stereocenters. The summed E-state index contributed by atoms with van der Waals surface area (Å²) in [4.78, 5) is 13.1. The predicted molar refractivity (Wildman–Crippen MR) is 63.9 cm³/mol. The van der Waals surface area contributed by atoms with Gasteiger partial charge in [0.05, 0.1) is 29.5 Å². The fourth-order valence-electron chi connectivity index (χ4n) is 1.93. The molecule has 0 aromatic heterocycles. The predicted octanol–water partition coefficient (Wildman–Crippen LogP) is 2.28. The molecule has 0 spiro atoms. The van der Waals surface area contributed by atoms with E-state index in [1.165, 1.54) is 7.05 Å². The topological polar surface area (TPSA) is 55.6 Å². The van der Waals surface area contributed by atoms with Gasteiger partial charge in [-0.1, -0.05) is 6.92 Å².